The number of allylic oxidation sites excluding steroid dienone is 5. The van der Waals surface area contributed by atoms with Crippen molar-refractivity contribution in [2.24, 2.45) is 0 Å². The summed E-state index contributed by atoms with van der Waals surface area (Å²) in [5.41, 5.74) is 15.4. The molecule has 0 fully saturated rings. The molecule has 0 atom stereocenters. The zero-order valence-corrected chi connectivity index (χ0v) is 27.1. The minimum Gasteiger partial charge on any atom is -0.228 e. The van der Waals surface area contributed by atoms with Crippen LogP contribution in [0.4, 0.5) is 0 Å². The number of hydrogen-bond acceptors (Lipinski definition) is 2. The van der Waals surface area contributed by atoms with Crippen molar-refractivity contribution in [2.75, 3.05) is 0 Å². The Kier molecular flexibility index (Phi) is 8.19. The monoisotopic (exact) mass is 626 g/mol. The molecule has 6 aromatic carbocycles. The van der Waals surface area contributed by atoms with Gasteiger partial charge in [-0.25, -0.2) is 9.97 Å². The second-order valence-electron chi connectivity index (χ2n) is 12.3. The van der Waals surface area contributed by atoms with E-state index in [1.165, 1.54) is 22.3 Å². The van der Waals surface area contributed by atoms with E-state index in [0.29, 0.717) is 5.82 Å². The molecule has 0 radical (unpaired) electrons. The van der Waals surface area contributed by atoms with Crippen molar-refractivity contribution in [2.45, 2.75) is 6.42 Å². The van der Waals surface area contributed by atoms with Crippen LogP contribution in [0.3, 0.4) is 0 Å². The molecule has 1 aliphatic rings. The summed E-state index contributed by atoms with van der Waals surface area (Å²) in [7, 11) is 0. The van der Waals surface area contributed by atoms with Crippen LogP contribution in [0.5, 0.6) is 0 Å². The van der Waals surface area contributed by atoms with Crippen molar-refractivity contribution in [1.82, 2.24) is 9.97 Å². The molecule has 1 heterocycles. The number of rotatable bonds is 5. The van der Waals surface area contributed by atoms with Crippen molar-refractivity contribution in [3.8, 4) is 67.3 Å². The fourth-order valence-corrected chi connectivity index (χ4v) is 6.58. The van der Waals surface area contributed by atoms with E-state index in [9.17, 15) is 0 Å². The van der Waals surface area contributed by atoms with Crippen LogP contribution in [-0.2, 0) is 6.42 Å². The minimum atomic E-state index is 0.705. The molecular weight excluding hydrogens is 593 g/mol. The number of aromatic nitrogens is 2. The van der Waals surface area contributed by atoms with E-state index in [1.54, 1.807) is 0 Å². The van der Waals surface area contributed by atoms with Crippen molar-refractivity contribution in [3.05, 3.63) is 200 Å². The summed E-state index contributed by atoms with van der Waals surface area (Å²) in [5, 5.41) is 0. The Hall–Kier alpha value is -6.38. The topological polar surface area (TPSA) is 25.8 Å². The van der Waals surface area contributed by atoms with Crippen molar-refractivity contribution in [1.29, 1.82) is 0 Å². The third-order valence-corrected chi connectivity index (χ3v) is 9.12. The van der Waals surface area contributed by atoms with E-state index < -0.39 is 0 Å². The molecule has 0 bridgehead atoms. The van der Waals surface area contributed by atoms with E-state index >= 15 is 0 Å². The van der Waals surface area contributed by atoms with Crippen LogP contribution < -0.4 is 0 Å². The highest BCUT2D eigenvalue weighted by molar-refractivity contribution is 5.89. The summed E-state index contributed by atoms with van der Waals surface area (Å²) in [6.45, 7) is 4.40. The van der Waals surface area contributed by atoms with Crippen LogP contribution in [0, 0.1) is 0 Å². The molecule has 8 rings (SSSR count). The van der Waals surface area contributed by atoms with Crippen LogP contribution >= 0.6 is 0 Å². The van der Waals surface area contributed by atoms with E-state index in [0.717, 1.165) is 62.3 Å². The number of nitrogens with zero attached hydrogens (tertiary/aromatic N) is 2. The second kappa shape index (κ2) is 13.4. The molecule has 1 aromatic heterocycles. The molecule has 7 aromatic rings. The third-order valence-electron chi connectivity index (χ3n) is 9.12. The lowest BCUT2D eigenvalue weighted by Crippen LogP contribution is -1.97. The first-order valence-corrected chi connectivity index (χ1v) is 16.7. The molecule has 0 saturated carbocycles. The molecule has 0 aliphatic heterocycles. The van der Waals surface area contributed by atoms with Gasteiger partial charge in [0.1, 0.15) is 0 Å². The van der Waals surface area contributed by atoms with E-state index in [-0.39, 0.29) is 0 Å². The van der Waals surface area contributed by atoms with Gasteiger partial charge in [-0.05, 0) is 68.6 Å². The van der Waals surface area contributed by atoms with Crippen LogP contribution in [-0.4, -0.2) is 9.97 Å². The lowest BCUT2D eigenvalue weighted by molar-refractivity contribution is 1.18. The van der Waals surface area contributed by atoms with Gasteiger partial charge < -0.3 is 0 Å². The minimum absolute atomic E-state index is 0.705. The fraction of sp³-hybridized carbons (Fsp3) is 0.0213. The summed E-state index contributed by atoms with van der Waals surface area (Å²) in [5.74, 6) is 0.705. The van der Waals surface area contributed by atoms with Gasteiger partial charge in [-0.3, -0.25) is 0 Å². The van der Waals surface area contributed by atoms with Crippen LogP contribution in [0.1, 0.15) is 11.1 Å². The van der Waals surface area contributed by atoms with Gasteiger partial charge in [-0.15, -0.1) is 0 Å². The standard InChI is InChI=1S/C47H34N2/c1-33-15-5-2-6-16-35-17-11-12-23-42(35)44-31-39(29-30-40(33)44)34-25-27-36(28-26-34)41-22-13-14-24-43(41)47-48-45(37-18-7-3-8-19-37)32-46(49-47)38-20-9-4-10-21-38/h2-15,17-32H,1,16H2/b6-2-,15-5-. The third kappa shape index (κ3) is 6.20. The Balaban J connectivity index is 1.19. The quantitative estimate of drug-likeness (QED) is 0.190. The Bertz CT molecular complexity index is 2290. The normalized spacial score (nSPS) is 13.6. The summed E-state index contributed by atoms with van der Waals surface area (Å²) >= 11 is 0. The average Bonchev–Trinajstić information content (AvgIpc) is 3.18. The molecule has 0 amide bonds. The fourth-order valence-electron chi connectivity index (χ4n) is 6.58. The highest BCUT2D eigenvalue weighted by atomic mass is 14.9. The Labute approximate surface area is 288 Å². The molecule has 0 N–H and O–H groups in total. The lowest BCUT2D eigenvalue weighted by atomic mass is 9.87. The van der Waals surface area contributed by atoms with Crippen molar-refractivity contribution >= 4 is 5.57 Å². The average molecular weight is 627 g/mol. The molecule has 232 valence electrons. The van der Waals surface area contributed by atoms with E-state index in [2.05, 4.69) is 152 Å². The van der Waals surface area contributed by atoms with Crippen molar-refractivity contribution < 1.29 is 0 Å². The first-order valence-electron chi connectivity index (χ1n) is 16.7. The summed E-state index contributed by atoms with van der Waals surface area (Å²) in [4.78, 5) is 10.2. The number of fused-ring (bicyclic) bond motifs is 3. The lowest BCUT2D eigenvalue weighted by Gasteiger charge is -2.17. The van der Waals surface area contributed by atoms with Gasteiger partial charge in [0.15, 0.2) is 5.82 Å². The van der Waals surface area contributed by atoms with Gasteiger partial charge in [0.05, 0.1) is 11.4 Å². The predicted octanol–water partition coefficient (Wildman–Crippen LogP) is 12.2. The molecular formula is C47H34N2. The molecule has 2 heteroatoms. The number of benzene rings is 6. The maximum Gasteiger partial charge on any atom is 0.161 e. The highest BCUT2D eigenvalue weighted by Crippen LogP contribution is 2.38. The zero-order valence-electron chi connectivity index (χ0n) is 27.1. The molecule has 2 nitrogen and oxygen atoms in total. The van der Waals surface area contributed by atoms with E-state index in [4.69, 9.17) is 9.97 Å². The van der Waals surface area contributed by atoms with Crippen LogP contribution in [0.2, 0.25) is 0 Å². The summed E-state index contributed by atoms with van der Waals surface area (Å²) < 4.78 is 0. The van der Waals surface area contributed by atoms with Gasteiger partial charge in [0, 0.05) is 16.7 Å². The summed E-state index contributed by atoms with van der Waals surface area (Å²) in [6, 6.07) is 55.4. The van der Waals surface area contributed by atoms with Gasteiger partial charge >= 0.3 is 0 Å². The Morgan fingerprint density at radius 3 is 1.67 bits per heavy atom. The predicted molar refractivity (Wildman–Crippen MR) is 206 cm³/mol. The van der Waals surface area contributed by atoms with Gasteiger partial charge in [0.25, 0.3) is 0 Å². The summed E-state index contributed by atoms with van der Waals surface area (Å²) in [6.07, 6.45) is 9.37. The maximum atomic E-state index is 5.12. The highest BCUT2D eigenvalue weighted by Gasteiger charge is 2.16. The SMILES string of the molecule is C=C1/C=C\C=C/Cc2ccccc2-c2cc(-c3ccc(-c4ccccc4-c4nc(-c5ccccc5)cc(-c5ccccc5)n4)cc3)ccc21. The van der Waals surface area contributed by atoms with E-state index in [1.807, 2.05) is 36.4 Å². The van der Waals surface area contributed by atoms with Gasteiger partial charge in [-0.1, -0.05) is 176 Å². The smallest absolute Gasteiger partial charge is 0.161 e. The van der Waals surface area contributed by atoms with Gasteiger partial charge in [0.2, 0.25) is 0 Å². The first-order chi connectivity index (χ1) is 24.2. The molecule has 0 unspecified atom stereocenters. The largest absolute Gasteiger partial charge is 0.228 e. The van der Waals surface area contributed by atoms with Crippen molar-refractivity contribution in [3.63, 3.8) is 0 Å². The Morgan fingerprint density at radius 2 is 0.980 bits per heavy atom. The maximum absolute atomic E-state index is 5.12. The second-order valence-corrected chi connectivity index (χ2v) is 12.3. The first kappa shape index (κ1) is 30.0. The Morgan fingerprint density at radius 1 is 0.408 bits per heavy atom. The number of hydrogen-bond donors (Lipinski definition) is 0. The molecule has 0 spiro atoms. The zero-order chi connectivity index (χ0) is 33.0. The molecule has 1 aliphatic carbocycles. The van der Waals surface area contributed by atoms with Crippen LogP contribution in [0.25, 0.3) is 72.9 Å². The molecule has 0 saturated heterocycles. The van der Waals surface area contributed by atoms with Crippen LogP contribution in [0.15, 0.2) is 189 Å². The molecule has 49 heavy (non-hydrogen) atoms. The van der Waals surface area contributed by atoms with Gasteiger partial charge in [-0.2, -0.15) is 0 Å².